The van der Waals surface area contributed by atoms with Crippen LogP contribution in [0, 0.1) is 5.92 Å². The molecule has 1 heterocycles. The summed E-state index contributed by atoms with van der Waals surface area (Å²) >= 11 is 1.78. The zero-order valence-corrected chi connectivity index (χ0v) is 19.6. The Morgan fingerprint density at radius 3 is 2.24 bits per heavy atom. The number of nitrogens with one attached hydrogen (secondary N) is 1. The third-order valence-corrected chi connectivity index (χ3v) is 6.87. The van der Waals surface area contributed by atoms with Gasteiger partial charge in [0.25, 0.3) is 0 Å². The predicted octanol–water partition coefficient (Wildman–Crippen LogP) is 8.27. The molecule has 2 aromatic carbocycles. The van der Waals surface area contributed by atoms with Gasteiger partial charge in [0.15, 0.2) is 5.92 Å². The molecule has 1 aliphatic heterocycles. The highest BCUT2D eigenvalue weighted by Crippen LogP contribution is 2.46. The van der Waals surface area contributed by atoms with Crippen LogP contribution in [0.1, 0.15) is 42.5 Å². The molecule has 0 amide bonds. The topological polar surface area (TPSA) is 15.3 Å². The number of fused-ring (bicyclic) bond motifs is 1. The standard InChI is InChI=1S/C25H26F6N2S/c1-5-33-13-18-12-20(34-14-15(2)3)10-11-21(18)22(33)16(4)32-19-8-6-17(7-9-19)23(24(26,27)28)25(29,30)31/h5-12,15,22-23,32H,1,4,13-14H2,2-3H3. The van der Waals surface area contributed by atoms with E-state index in [1.807, 2.05) is 17.0 Å². The Bertz CT molecular complexity index is 1010. The summed E-state index contributed by atoms with van der Waals surface area (Å²) < 4.78 is 77.9. The number of halogens is 6. The SMILES string of the molecule is C=CN1Cc2cc(SCC(C)C)ccc2C1C(=C)Nc1ccc(C(C(F)(F)F)C(F)(F)F)cc1. The summed E-state index contributed by atoms with van der Waals surface area (Å²) in [4.78, 5) is 3.14. The number of thioether (sulfide) groups is 1. The van der Waals surface area contributed by atoms with Crippen molar-refractivity contribution in [1.29, 1.82) is 0 Å². The summed E-state index contributed by atoms with van der Waals surface area (Å²) in [7, 11) is 0. The second kappa shape index (κ2) is 9.98. The largest absolute Gasteiger partial charge is 0.404 e. The highest BCUT2D eigenvalue weighted by Gasteiger charge is 2.57. The fourth-order valence-electron chi connectivity index (χ4n) is 3.94. The Morgan fingerprint density at radius 2 is 1.71 bits per heavy atom. The molecule has 0 aromatic heterocycles. The Labute approximate surface area is 199 Å². The fraction of sp³-hybridized carbons (Fsp3) is 0.360. The lowest BCUT2D eigenvalue weighted by Crippen LogP contribution is -2.34. The van der Waals surface area contributed by atoms with Gasteiger partial charge in [0.2, 0.25) is 0 Å². The van der Waals surface area contributed by atoms with E-state index in [-0.39, 0.29) is 6.04 Å². The molecule has 9 heteroatoms. The third-order valence-electron chi connectivity index (χ3n) is 5.45. The van der Waals surface area contributed by atoms with Gasteiger partial charge in [-0.05, 0) is 53.1 Å². The molecule has 0 aliphatic carbocycles. The van der Waals surface area contributed by atoms with Crippen molar-refractivity contribution in [1.82, 2.24) is 4.90 Å². The van der Waals surface area contributed by atoms with Crippen LogP contribution in [-0.2, 0) is 6.54 Å². The maximum atomic E-state index is 13.0. The maximum absolute atomic E-state index is 13.0. The number of benzene rings is 2. The van der Waals surface area contributed by atoms with Crippen LogP contribution in [-0.4, -0.2) is 23.0 Å². The first-order valence-electron chi connectivity index (χ1n) is 10.6. The van der Waals surface area contributed by atoms with Gasteiger partial charge in [-0.15, -0.1) is 11.8 Å². The maximum Gasteiger partial charge on any atom is 0.404 e. The molecule has 2 aromatic rings. The zero-order valence-electron chi connectivity index (χ0n) is 18.8. The molecule has 0 radical (unpaired) electrons. The number of rotatable bonds is 8. The van der Waals surface area contributed by atoms with E-state index in [1.165, 1.54) is 12.1 Å². The van der Waals surface area contributed by atoms with Crippen molar-refractivity contribution >= 4 is 17.4 Å². The first-order chi connectivity index (χ1) is 15.8. The molecule has 34 heavy (non-hydrogen) atoms. The van der Waals surface area contributed by atoms with Crippen molar-refractivity contribution in [2.45, 2.75) is 49.6 Å². The van der Waals surface area contributed by atoms with Gasteiger partial charge in [-0.25, -0.2) is 0 Å². The molecular formula is C25H26F6N2S. The average Bonchev–Trinajstić information content (AvgIpc) is 3.09. The van der Waals surface area contributed by atoms with Crippen LogP contribution in [0.15, 0.2) is 72.4 Å². The number of hydrogen-bond donors (Lipinski definition) is 1. The van der Waals surface area contributed by atoms with Crippen LogP contribution in [0.2, 0.25) is 0 Å². The summed E-state index contributed by atoms with van der Waals surface area (Å²) in [6.45, 7) is 12.9. The summed E-state index contributed by atoms with van der Waals surface area (Å²) in [5.74, 6) is -1.96. The van der Waals surface area contributed by atoms with Gasteiger partial charge in [-0.2, -0.15) is 26.3 Å². The third kappa shape index (κ3) is 5.92. The molecule has 0 spiro atoms. The van der Waals surface area contributed by atoms with Gasteiger partial charge in [0, 0.05) is 28.6 Å². The van der Waals surface area contributed by atoms with Crippen LogP contribution < -0.4 is 5.32 Å². The van der Waals surface area contributed by atoms with E-state index in [2.05, 4.69) is 38.4 Å². The molecule has 1 atom stereocenters. The van der Waals surface area contributed by atoms with Crippen LogP contribution in [0.5, 0.6) is 0 Å². The van der Waals surface area contributed by atoms with Gasteiger partial charge in [-0.3, -0.25) is 0 Å². The minimum absolute atomic E-state index is 0.269. The van der Waals surface area contributed by atoms with Gasteiger partial charge in [0.1, 0.15) is 0 Å². The molecule has 0 bridgehead atoms. The molecule has 2 nitrogen and oxygen atoms in total. The lowest BCUT2D eigenvalue weighted by atomic mass is 9.97. The van der Waals surface area contributed by atoms with E-state index in [0.29, 0.717) is 23.8 Å². The van der Waals surface area contributed by atoms with E-state index in [1.54, 1.807) is 18.0 Å². The van der Waals surface area contributed by atoms with E-state index >= 15 is 0 Å². The Morgan fingerprint density at radius 1 is 1.09 bits per heavy atom. The van der Waals surface area contributed by atoms with Crippen molar-refractivity contribution in [3.8, 4) is 0 Å². The molecule has 0 saturated carbocycles. The van der Waals surface area contributed by atoms with Crippen molar-refractivity contribution in [2.24, 2.45) is 5.92 Å². The van der Waals surface area contributed by atoms with Crippen molar-refractivity contribution < 1.29 is 26.3 Å². The Kier molecular flexibility index (Phi) is 7.65. The first kappa shape index (κ1) is 26.1. The van der Waals surface area contributed by atoms with E-state index in [9.17, 15) is 26.3 Å². The van der Waals surface area contributed by atoms with E-state index < -0.39 is 23.8 Å². The number of alkyl halides is 6. The number of hydrogen-bond acceptors (Lipinski definition) is 3. The quantitative estimate of drug-likeness (QED) is 0.290. The molecule has 184 valence electrons. The predicted molar refractivity (Wildman–Crippen MR) is 125 cm³/mol. The second-order valence-corrected chi connectivity index (χ2v) is 9.70. The van der Waals surface area contributed by atoms with Crippen LogP contribution in [0.25, 0.3) is 0 Å². The van der Waals surface area contributed by atoms with Gasteiger partial charge in [0.05, 0.1) is 6.04 Å². The lowest BCUT2D eigenvalue weighted by molar-refractivity contribution is -0.253. The number of nitrogens with zero attached hydrogens (tertiary/aromatic N) is 1. The highest BCUT2D eigenvalue weighted by molar-refractivity contribution is 7.99. The Balaban J connectivity index is 1.78. The van der Waals surface area contributed by atoms with Crippen molar-refractivity contribution in [3.63, 3.8) is 0 Å². The summed E-state index contributed by atoms with van der Waals surface area (Å²) in [5.41, 5.74) is 2.17. The van der Waals surface area contributed by atoms with E-state index in [4.69, 9.17) is 0 Å². The fourth-order valence-corrected chi connectivity index (χ4v) is 4.85. The Hall–Kier alpha value is -2.55. The molecule has 1 N–H and O–H groups in total. The molecule has 1 unspecified atom stereocenters. The van der Waals surface area contributed by atoms with Crippen LogP contribution in [0.3, 0.4) is 0 Å². The monoisotopic (exact) mass is 500 g/mol. The molecule has 0 saturated heterocycles. The first-order valence-corrected chi connectivity index (χ1v) is 11.6. The average molecular weight is 501 g/mol. The molecular weight excluding hydrogens is 474 g/mol. The van der Waals surface area contributed by atoms with E-state index in [0.717, 1.165) is 33.9 Å². The highest BCUT2D eigenvalue weighted by atomic mass is 32.2. The summed E-state index contributed by atoms with van der Waals surface area (Å²) in [5, 5.41) is 3.04. The minimum atomic E-state index is -5.43. The smallest absolute Gasteiger partial charge is 0.361 e. The summed E-state index contributed by atoms with van der Waals surface area (Å²) in [6, 6.07) is 10.0. The molecule has 1 aliphatic rings. The van der Waals surface area contributed by atoms with Crippen LogP contribution >= 0.6 is 11.8 Å². The normalized spacial score (nSPS) is 16.2. The second-order valence-electron chi connectivity index (χ2n) is 8.61. The molecule has 0 fully saturated rings. The summed E-state index contributed by atoms with van der Waals surface area (Å²) in [6.07, 6.45) is -9.17. The van der Waals surface area contributed by atoms with Crippen molar-refractivity contribution in [3.05, 3.63) is 84.2 Å². The number of anilines is 1. The van der Waals surface area contributed by atoms with Gasteiger partial charge in [-0.1, -0.05) is 45.2 Å². The van der Waals surface area contributed by atoms with Gasteiger partial charge >= 0.3 is 12.4 Å². The zero-order chi connectivity index (χ0) is 25.3. The molecule has 3 rings (SSSR count). The van der Waals surface area contributed by atoms with Gasteiger partial charge < -0.3 is 10.2 Å². The lowest BCUT2D eigenvalue weighted by Gasteiger charge is -2.26. The van der Waals surface area contributed by atoms with Crippen molar-refractivity contribution in [2.75, 3.05) is 11.1 Å². The minimum Gasteiger partial charge on any atom is -0.361 e. The van der Waals surface area contributed by atoms with Crippen LogP contribution in [0.4, 0.5) is 32.0 Å².